The number of hydrogen-bond acceptors (Lipinski definition) is 6. The number of aliphatic hydroxyl groups is 2. The van der Waals surface area contributed by atoms with Crippen LogP contribution in [-0.2, 0) is 4.74 Å². The second kappa shape index (κ2) is 6.53. The van der Waals surface area contributed by atoms with Gasteiger partial charge in [0.2, 0.25) is 0 Å². The fourth-order valence-electron chi connectivity index (χ4n) is 1.47. The van der Waals surface area contributed by atoms with Crippen molar-refractivity contribution in [2.75, 3.05) is 12.3 Å². The van der Waals surface area contributed by atoms with E-state index < -0.39 is 23.9 Å². The highest BCUT2D eigenvalue weighted by Gasteiger charge is 2.23. The Bertz CT molecular complexity index is 459. The molecule has 1 rings (SSSR count). The first kappa shape index (κ1) is 16.2. The summed E-state index contributed by atoms with van der Waals surface area (Å²) in [5.41, 5.74) is 5.47. The molecule has 2 atom stereocenters. The third kappa shape index (κ3) is 5.02. The van der Waals surface area contributed by atoms with Gasteiger partial charge in [-0.15, -0.1) is 0 Å². The molecule has 0 aromatic carbocycles. The molecule has 1 amide bonds. The van der Waals surface area contributed by atoms with Crippen molar-refractivity contribution < 1.29 is 19.7 Å². The van der Waals surface area contributed by atoms with Crippen LogP contribution in [0.1, 0.15) is 32.6 Å². The van der Waals surface area contributed by atoms with Crippen molar-refractivity contribution in [2.24, 2.45) is 0 Å². The first-order valence-corrected chi connectivity index (χ1v) is 6.24. The SMILES string of the molecule is CC(C)(C)OC(=O)NCC(O)C(O)c1ncccc1N. The van der Waals surface area contributed by atoms with Crippen LogP contribution in [0.3, 0.4) is 0 Å². The van der Waals surface area contributed by atoms with Gasteiger partial charge in [0, 0.05) is 12.7 Å². The van der Waals surface area contributed by atoms with Gasteiger partial charge in [-0.05, 0) is 32.9 Å². The van der Waals surface area contributed by atoms with Crippen molar-refractivity contribution in [2.45, 2.75) is 38.6 Å². The molecular weight excluding hydrogens is 262 g/mol. The van der Waals surface area contributed by atoms with E-state index in [1.807, 2.05) is 0 Å². The highest BCUT2D eigenvalue weighted by molar-refractivity contribution is 5.67. The molecule has 0 aliphatic heterocycles. The van der Waals surface area contributed by atoms with Crippen LogP contribution in [0.4, 0.5) is 10.5 Å². The fourth-order valence-corrected chi connectivity index (χ4v) is 1.47. The van der Waals surface area contributed by atoms with Crippen LogP contribution in [0.2, 0.25) is 0 Å². The van der Waals surface area contributed by atoms with E-state index in [1.54, 1.807) is 32.9 Å². The number of nitrogen functional groups attached to an aromatic ring is 1. The number of alkyl carbamates (subject to hydrolysis) is 1. The van der Waals surface area contributed by atoms with Crippen LogP contribution in [-0.4, -0.2) is 39.5 Å². The lowest BCUT2D eigenvalue weighted by molar-refractivity contribution is 0.0113. The summed E-state index contributed by atoms with van der Waals surface area (Å²) in [7, 11) is 0. The zero-order chi connectivity index (χ0) is 15.3. The average Bonchev–Trinajstić information content (AvgIpc) is 2.33. The standard InChI is InChI=1S/C13H21N3O4/c1-13(2,3)20-12(19)16-7-9(17)11(18)10-8(14)5-4-6-15-10/h4-6,9,11,17-18H,7,14H2,1-3H3,(H,16,19). The number of anilines is 1. The molecule has 0 aliphatic rings. The molecule has 1 aromatic rings. The zero-order valence-electron chi connectivity index (χ0n) is 11.8. The van der Waals surface area contributed by atoms with Crippen molar-refractivity contribution in [3.8, 4) is 0 Å². The van der Waals surface area contributed by atoms with Gasteiger partial charge in [0.1, 0.15) is 17.8 Å². The summed E-state index contributed by atoms with van der Waals surface area (Å²) in [5, 5.41) is 22.1. The molecule has 1 aromatic heterocycles. The van der Waals surface area contributed by atoms with Crippen molar-refractivity contribution in [3.63, 3.8) is 0 Å². The summed E-state index contributed by atoms with van der Waals surface area (Å²) in [5.74, 6) is 0. The molecule has 5 N–H and O–H groups in total. The van der Waals surface area contributed by atoms with E-state index in [1.165, 1.54) is 6.20 Å². The van der Waals surface area contributed by atoms with Crippen LogP contribution < -0.4 is 11.1 Å². The number of carbonyl (C=O) groups excluding carboxylic acids is 1. The first-order valence-electron chi connectivity index (χ1n) is 6.24. The lowest BCUT2D eigenvalue weighted by atomic mass is 10.1. The monoisotopic (exact) mass is 283 g/mol. The van der Waals surface area contributed by atoms with Gasteiger partial charge >= 0.3 is 6.09 Å². The smallest absolute Gasteiger partial charge is 0.407 e. The number of nitrogens with one attached hydrogen (secondary N) is 1. The Morgan fingerprint density at radius 3 is 2.70 bits per heavy atom. The van der Waals surface area contributed by atoms with Gasteiger partial charge in [0.05, 0.1) is 11.4 Å². The van der Waals surface area contributed by atoms with Crippen molar-refractivity contribution >= 4 is 11.8 Å². The number of ether oxygens (including phenoxy) is 1. The Labute approximate surface area is 117 Å². The molecule has 0 radical (unpaired) electrons. The number of pyridine rings is 1. The maximum atomic E-state index is 11.4. The van der Waals surface area contributed by atoms with E-state index in [4.69, 9.17) is 10.5 Å². The van der Waals surface area contributed by atoms with Crippen LogP contribution >= 0.6 is 0 Å². The quantitative estimate of drug-likeness (QED) is 0.642. The molecule has 7 heteroatoms. The Kier molecular flexibility index (Phi) is 5.29. The lowest BCUT2D eigenvalue weighted by Crippen LogP contribution is -2.39. The van der Waals surface area contributed by atoms with E-state index in [-0.39, 0.29) is 17.9 Å². The molecule has 0 aliphatic carbocycles. The topological polar surface area (TPSA) is 118 Å². The lowest BCUT2D eigenvalue weighted by Gasteiger charge is -2.22. The fraction of sp³-hybridized carbons (Fsp3) is 0.538. The molecule has 0 spiro atoms. The van der Waals surface area contributed by atoms with E-state index in [9.17, 15) is 15.0 Å². The molecule has 112 valence electrons. The van der Waals surface area contributed by atoms with E-state index in [2.05, 4.69) is 10.3 Å². The van der Waals surface area contributed by atoms with Crippen LogP contribution in [0.15, 0.2) is 18.3 Å². The van der Waals surface area contributed by atoms with Crippen molar-refractivity contribution in [3.05, 3.63) is 24.0 Å². The molecule has 1 heterocycles. The number of hydrogen-bond donors (Lipinski definition) is 4. The molecule has 0 saturated heterocycles. The zero-order valence-corrected chi connectivity index (χ0v) is 11.8. The van der Waals surface area contributed by atoms with Crippen LogP contribution in [0, 0.1) is 0 Å². The number of carbonyl (C=O) groups is 1. The average molecular weight is 283 g/mol. The Morgan fingerprint density at radius 2 is 2.15 bits per heavy atom. The number of amides is 1. The van der Waals surface area contributed by atoms with Gasteiger partial charge < -0.3 is 26.0 Å². The Balaban J connectivity index is 2.53. The summed E-state index contributed by atoms with van der Waals surface area (Å²) >= 11 is 0. The predicted molar refractivity (Wildman–Crippen MR) is 73.9 cm³/mol. The second-order valence-corrected chi connectivity index (χ2v) is 5.37. The van der Waals surface area contributed by atoms with Crippen LogP contribution in [0.25, 0.3) is 0 Å². The summed E-state index contributed by atoms with van der Waals surface area (Å²) in [4.78, 5) is 15.3. The van der Waals surface area contributed by atoms with Gasteiger partial charge in [-0.25, -0.2) is 4.79 Å². The minimum atomic E-state index is -1.29. The van der Waals surface area contributed by atoms with E-state index in [0.29, 0.717) is 0 Å². The predicted octanol–water partition coefficient (Wildman–Crippen LogP) is 0.583. The molecule has 0 saturated carbocycles. The number of aliphatic hydroxyl groups excluding tert-OH is 2. The largest absolute Gasteiger partial charge is 0.444 e. The van der Waals surface area contributed by atoms with Gasteiger partial charge in [-0.3, -0.25) is 4.98 Å². The molecule has 7 nitrogen and oxygen atoms in total. The maximum Gasteiger partial charge on any atom is 0.407 e. The summed E-state index contributed by atoms with van der Waals surface area (Å²) in [6, 6.07) is 3.19. The van der Waals surface area contributed by atoms with Gasteiger partial charge in [0.25, 0.3) is 0 Å². The highest BCUT2D eigenvalue weighted by atomic mass is 16.6. The third-order valence-electron chi connectivity index (χ3n) is 2.37. The number of nitrogens with zero attached hydrogens (tertiary/aromatic N) is 1. The number of nitrogens with two attached hydrogens (primary N) is 1. The highest BCUT2D eigenvalue weighted by Crippen LogP contribution is 2.20. The normalized spacial score (nSPS) is 14.4. The Morgan fingerprint density at radius 1 is 1.50 bits per heavy atom. The maximum absolute atomic E-state index is 11.4. The van der Waals surface area contributed by atoms with Gasteiger partial charge in [-0.1, -0.05) is 0 Å². The van der Waals surface area contributed by atoms with Gasteiger partial charge in [0.15, 0.2) is 0 Å². The summed E-state index contributed by atoms with van der Waals surface area (Å²) in [6.07, 6.45) is -1.73. The molecule has 2 unspecified atom stereocenters. The number of aromatic nitrogens is 1. The van der Waals surface area contributed by atoms with Crippen LogP contribution in [0.5, 0.6) is 0 Å². The Hall–Kier alpha value is -1.86. The van der Waals surface area contributed by atoms with Crippen molar-refractivity contribution in [1.82, 2.24) is 10.3 Å². The third-order valence-corrected chi connectivity index (χ3v) is 2.37. The van der Waals surface area contributed by atoms with Crippen molar-refractivity contribution in [1.29, 1.82) is 0 Å². The number of rotatable bonds is 4. The molecular formula is C13H21N3O4. The molecule has 0 bridgehead atoms. The second-order valence-electron chi connectivity index (χ2n) is 5.37. The van der Waals surface area contributed by atoms with E-state index >= 15 is 0 Å². The molecule has 0 fully saturated rings. The minimum Gasteiger partial charge on any atom is -0.444 e. The summed E-state index contributed by atoms with van der Waals surface area (Å²) in [6.45, 7) is 5.01. The summed E-state index contributed by atoms with van der Waals surface area (Å²) < 4.78 is 5.01. The minimum absolute atomic E-state index is 0.172. The molecule has 20 heavy (non-hydrogen) atoms. The van der Waals surface area contributed by atoms with E-state index in [0.717, 1.165) is 0 Å². The van der Waals surface area contributed by atoms with Gasteiger partial charge in [-0.2, -0.15) is 0 Å². The first-order chi connectivity index (χ1) is 9.20.